The Morgan fingerprint density at radius 1 is 1.25 bits per heavy atom. The Kier molecular flexibility index (Phi) is 5.29. The number of carboxylic acid groups (broad SMARTS) is 1. The van der Waals surface area contributed by atoms with Crippen molar-refractivity contribution in [1.82, 2.24) is 4.90 Å². The molecule has 92 valence electrons. The zero-order valence-electron chi connectivity index (χ0n) is 9.95. The molecular weight excluding hydrogens is 206 g/mol. The summed E-state index contributed by atoms with van der Waals surface area (Å²) in [6.07, 6.45) is 5.49. The van der Waals surface area contributed by atoms with Gasteiger partial charge >= 0.3 is 5.97 Å². The maximum absolute atomic E-state index is 12.1. The number of hydrogen-bond acceptors (Lipinski definition) is 2. The molecule has 1 fully saturated rings. The summed E-state index contributed by atoms with van der Waals surface area (Å²) in [5, 5.41) is 8.61. The van der Waals surface area contributed by atoms with Crippen molar-refractivity contribution in [1.29, 1.82) is 0 Å². The lowest BCUT2D eigenvalue weighted by Gasteiger charge is -2.28. The third-order valence-electron chi connectivity index (χ3n) is 3.24. The molecule has 0 bridgehead atoms. The first-order chi connectivity index (χ1) is 7.65. The van der Waals surface area contributed by atoms with Crippen molar-refractivity contribution in [2.24, 2.45) is 5.92 Å². The van der Waals surface area contributed by atoms with Crippen LogP contribution in [-0.2, 0) is 9.59 Å². The molecule has 1 amide bonds. The number of aliphatic carboxylic acids is 1. The summed E-state index contributed by atoms with van der Waals surface area (Å²) >= 11 is 0. The Morgan fingerprint density at radius 3 is 2.38 bits per heavy atom. The first-order valence-corrected chi connectivity index (χ1v) is 6.15. The van der Waals surface area contributed by atoms with E-state index in [0.29, 0.717) is 13.1 Å². The Bertz CT molecular complexity index is 247. The fourth-order valence-electron chi connectivity index (χ4n) is 2.26. The first-order valence-electron chi connectivity index (χ1n) is 6.15. The maximum atomic E-state index is 12.1. The van der Waals surface area contributed by atoms with E-state index >= 15 is 0 Å². The summed E-state index contributed by atoms with van der Waals surface area (Å²) in [7, 11) is 0. The lowest BCUT2D eigenvalue weighted by atomic mass is 9.88. The van der Waals surface area contributed by atoms with Crippen LogP contribution in [-0.4, -0.2) is 35.0 Å². The van der Waals surface area contributed by atoms with Crippen molar-refractivity contribution in [2.45, 2.75) is 45.4 Å². The van der Waals surface area contributed by atoms with Gasteiger partial charge < -0.3 is 10.0 Å². The Labute approximate surface area is 96.6 Å². The number of nitrogens with zero attached hydrogens (tertiary/aromatic N) is 1. The third kappa shape index (κ3) is 3.83. The topological polar surface area (TPSA) is 57.6 Å². The van der Waals surface area contributed by atoms with E-state index in [0.717, 1.165) is 25.7 Å². The second-order valence-corrected chi connectivity index (χ2v) is 4.40. The summed E-state index contributed by atoms with van der Waals surface area (Å²) in [5.74, 6) is -0.541. The van der Waals surface area contributed by atoms with Gasteiger partial charge in [-0.15, -0.1) is 0 Å². The molecule has 0 atom stereocenters. The van der Waals surface area contributed by atoms with Gasteiger partial charge in [-0.1, -0.05) is 19.3 Å². The van der Waals surface area contributed by atoms with Gasteiger partial charge in [0.05, 0.1) is 6.42 Å². The number of carbonyl (C=O) groups is 2. The van der Waals surface area contributed by atoms with E-state index in [-0.39, 0.29) is 18.2 Å². The van der Waals surface area contributed by atoms with E-state index in [1.807, 2.05) is 6.92 Å². The van der Waals surface area contributed by atoms with Crippen LogP contribution in [0.15, 0.2) is 0 Å². The Balaban J connectivity index is 2.44. The smallest absolute Gasteiger partial charge is 0.305 e. The van der Waals surface area contributed by atoms with Crippen molar-refractivity contribution in [3.8, 4) is 0 Å². The predicted octanol–water partition coefficient (Wildman–Crippen LogP) is 1.89. The van der Waals surface area contributed by atoms with Gasteiger partial charge in [-0.3, -0.25) is 9.59 Å². The Hall–Kier alpha value is -1.06. The van der Waals surface area contributed by atoms with Gasteiger partial charge in [0.15, 0.2) is 0 Å². The van der Waals surface area contributed by atoms with Gasteiger partial charge in [0, 0.05) is 19.0 Å². The highest BCUT2D eigenvalue weighted by Crippen LogP contribution is 2.25. The summed E-state index contributed by atoms with van der Waals surface area (Å²) < 4.78 is 0. The first kappa shape index (κ1) is 13.0. The molecule has 4 heteroatoms. The van der Waals surface area contributed by atoms with E-state index in [9.17, 15) is 9.59 Å². The molecule has 1 aliphatic rings. The van der Waals surface area contributed by atoms with Crippen LogP contribution in [0.4, 0.5) is 0 Å². The van der Waals surface area contributed by atoms with Crippen LogP contribution in [0.1, 0.15) is 45.4 Å². The number of carboxylic acids is 1. The van der Waals surface area contributed by atoms with Crippen molar-refractivity contribution >= 4 is 11.9 Å². The molecule has 0 aromatic rings. The molecule has 1 saturated carbocycles. The van der Waals surface area contributed by atoms with Gasteiger partial charge in [0.25, 0.3) is 0 Å². The fourth-order valence-corrected chi connectivity index (χ4v) is 2.26. The highest BCUT2D eigenvalue weighted by Gasteiger charge is 2.25. The molecule has 0 saturated heterocycles. The zero-order valence-corrected chi connectivity index (χ0v) is 9.95. The summed E-state index contributed by atoms with van der Waals surface area (Å²) in [5.41, 5.74) is 0. The van der Waals surface area contributed by atoms with Gasteiger partial charge in [-0.25, -0.2) is 0 Å². The number of rotatable bonds is 5. The minimum Gasteiger partial charge on any atom is -0.481 e. The Morgan fingerprint density at radius 2 is 1.88 bits per heavy atom. The van der Waals surface area contributed by atoms with E-state index in [2.05, 4.69) is 0 Å². The van der Waals surface area contributed by atoms with Gasteiger partial charge in [-0.2, -0.15) is 0 Å². The third-order valence-corrected chi connectivity index (χ3v) is 3.24. The monoisotopic (exact) mass is 227 g/mol. The van der Waals surface area contributed by atoms with Crippen LogP contribution in [0.25, 0.3) is 0 Å². The largest absolute Gasteiger partial charge is 0.481 e. The number of carbonyl (C=O) groups excluding carboxylic acids is 1. The molecule has 0 unspecified atom stereocenters. The van der Waals surface area contributed by atoms with E-state index in [1.165, 1.54) is 6.42 Å². The highest BCUT2D eigenvalue weighted by atomic mass is 16.4. The molecule has 1 N–H and O–H groups in total. The minimum atomic E-state index is -0.838. The highest BCUT2D eigenvalue weighted by molar-refractivity contribution is 5.79. The molecule has 0 aliphatic heterocycles. The molecule has 0 radical (unpaired) electrons. The second kappa shape index (κ2) is 6.51. The lowest BCUT2D eigenvalue weighted by molar-refractivity contribution is -0.140. The number of hydrogen-bond donors (Lipinski definition) is 1. The molecule has 16 heavy (non-hydrogen) atoms. The predicted molar refractivity (Wildman–Crippen MR) is 61.1 cm³/mol. The van der Waals surface area contributed by atoms with Crippen molar-refractivity contribution in [2.75, 3.05) is 13.1 Å². The average molecular weight is 227 g/mol. The SMILES string of the molecule is CCN(CCC(=O)O)C(=O)C1CCCCC1. The van der Waals surface area contributed by atoms with Crippen LogP contribution in [0.2, 0.25) is 0 Å². The molecular formula is C12H21NO3. The summed E-state index contributed by atoms with van der Waals surface area (Å²) in [6.45, 7) is 2.87. The van der Waals surface area contributed by atoms with Crippen molar-refractivity contribution in [3.05, 3.63) is 0 Å². The van der Waals surface area contributed by atoms with E-state index in [1.54, 1.807) is 4.90 Å². The standard InChI is InChI=1S/C12H21NO3/c1-2-13(9-8-11(14)15)12(16)10-6-4-3-5-7-10/h10H,2-9H2,1H3,(H,14,15). The van der Waals surface area contributed by atoms with Gasteiger partial charge in [-0.05, 0) is 19.8 Å². The molecule has 1 aliphatic carbocycles. The van der Waals surface area contributed by atoms with Crippen LogP contribution in [0, 0.1) is 5.92 Å². The van der Waals surface area contributed by atoms with Gasteiger partial charge in [0.2, 0.25) is 5.91 Å². The van der Waals surface area contributed by atoms with E-state index in [4.69, 9.17) is 5.11 Å². The van der Waals surface area contributed by atoms with Crippen LogP contribution in [0.5, 0.6) is 0 Å². The van der Waals surface area contributed by atoms with E-state index < -0.39 is 5.97 Å². The van der Waals surface area contributed by atoms with Crippen LogP contribution in [0.3, 0.4) is 0 Å². The molecule has 0 aromatic carbocycles. The quantitative estimate of drug-likeness (QED) is 0.780. The van der Waals surface area contributed by atoms with Gasteiger partial charge in [0.1, 0.15) is 0 Å². The molecule has 1 rings (SSSR count). The molecule has 0 heterocycles. The second-order valence-electron chi connectivity index (χ2n) is 4.40. The lowest BCUT2D eigenvalue weighted by Crippen LogP contribution is -2.38. The fraction of sp³-hybridized carbons (Fsp3) is 0.833. The maximum Gasteiger partial charge on any atom is 0.305 e. The number of amides is 1. The molecule has 4 nitrogen and oxygen atoms in total. The zero-order chi connectivity index (χ0) is 12.0. The van der Waals surface area contributed by atoms with Crippen LogP contribution >= 0.6 is 0 Å². The summed E-state index contributed by atoms with van der Waals surface area (Å²) in [6, 6.07) is 0. The summed E-state index contributed by atoms with van der Waals surface area (Å²) in [4.78, 5) is 24.2. The normalized spacial score (nSPS) is 17.1. The minimum absolute atomic E-state index is 0.0479. The van der Waals surface area contributed by atoms with Crippen molar-refractivity contribution < 1.29 is 14.7 Å². The molecule has 0 spiro atoms. The average Bonchev–Trinajstić information content (AvgIpc) is 2.30. The molecule has 0 aromatic heterocycles. The van der Waals surface area contributed by atoms with Crippen molar-refractivity contribution in [3.63, 3.8) is 0 Å². The van der Waals surface area contributed by atoms with Crippen LogP contribution < -0.4 is 0 Å².